The number of likely N-dealkylation sites (tertiary alicyclic amines) is 1. The van der Waals surface area contributed by atoms with Gasteiger partial charge in [0.05, 0.1) is 23.8 Å². The minimum absolute atomic E-state index is 0. The first-order valence-electron chi connectivity index (χ1n) is 13.1. The van der Waals surface area contributed by atoms with Crippen molar-refractivity contribution in [3.63, 3.8) is 0 Å². The fourth-order valence-corrected chi connectivity index (χ4v) is 6.37. The Kier molecular flexibility index (Phi) is 12.1. The van der Waals surface area contributed by atoms with Crippen LogP contribution in [0, 0.1) is 10.8 Å². The summed E-state index contributed by atoms with van der Waals surface area (Å²) < 4.78 is 34.5. The van der Waals surface area contributed by atoms with Gasteiger partial charge in [-0.2, -0.15) is 0 Å². The summed E-state index contributed by atoms with van der Waals surface area (Å²) in [5.41, 5.74) is 7.75. The van der Waals surface area contributed by atoms with E-state index in [0.717, 1.165) is 48.7 Å². The van der Waals surface area contributed by atoms with E-state index >= 15 is 0 Å². The lowest BCUT2D eigenvalue weighted by Crippen LogP contribution is -2.40. The Bertz CT molecular complexity index is 1410. The zero-order valence-electron chi connectivity index (χ0n) is 22.9. The van der Waals surface area contributed by atoms with Crippen molar-refractivity contribution < 1.29 is 13.2 Å². The Labute approximate surface area is 249 Å². The predicted molar refractivity (Wildman–Crippen MR) is 169 cm³/mol. The molecule has 1 saturated heterocycles. The first-order chi connectivity index (χ1) is 18.2. The number of piperidine rings is 1. The largest absolute Gasteiger partial charge is 0.490 e. The molecule has 1 aliphatic rings. The molecule has 0 aliphatic carbocycles. The molecule has 0 amide bonds. The Morgan fingerprint density at radius 1 is 1.00 bits per heavy atom. The maximum atomic E-state index is 13.4. The van der Waals surface area contributed by atoms with Crippen LogP contribution in [0.4, 0.5) is 5.69 Å². The maximum absolute atomic E-state index is 13.4. The number of amidine groups is 2. The van der Waals surface area contributed by atoms with Gasteiger partial charge in [0, 0.05) is 31.5 Å². The van der Waals surface area contributed by atoms with Gasteiger partial charge in [0.2, 0.25) is 10.0 Å². The molecule has 11 heteroatoms. The number of benzene rings is 3. The summed E-state index contributed by atoms with van der Waals surface area (Å²) in [7, 11) is -3.55. The molecule has 0 unspecified atom stereocenters. The number of nitrogens with zero attached hydrogens (tertiary/aromatic N) is 2. The smallest absolute Gasteiger partial charge is 0.235 e. The minimum atomic E-state index is -3.55. The standard InChI is InChI=1S/C29H37N5O3S.2ClH/c1-3-4-17-38(35,36)34(20-22-5-6-23-7-8-24(29(31)32)19-25(23)18-22)26-9-11-27(12-10-26)37-28-13-15-33(16-14-28)21(2)30;;/h5-12,18-19,28,30H,3-4,13-17,20H2,1-2H3,(H3,31,32);2*1H. The number of fused-ring (bicyclic) bond motifs is 1. The van der Waals surface area contributed by atoms with Crippen LogP contribution >= 0.6 is 24.8 Å². The molecule has 0 bridgehead atoms. The Morgan fingerprint density at radius 3 is 2.25 bits per heavy atom. The van der Waals surface area contributed by atoms with Crippen LogP contribution in [-0.2, 0) is 16.6 Å². The minimum Gasteiger partial charge on any atom is -0.490 e. The molecule has 1 aliphatic heterocycles. The SMILES string of the molecule is CCCCS(=O)(=O)N(Cc1ccc2ccc(C(=N)N)cc2c1)c1ccc(OC2CCN(C(C)=N)CC2)cc1.Cl.Cl. The normalized spacial score (nSPS) is 13.7. The van der Waals surface area contributed by atoms with Crippen LogP contribution in [0.2, 0.25) is 0 Å². The number of nitrogens with one attached hydrogen (secondary N) is 2. The van der Waals surface area contributed by atoms with Crippen molar-refractivity contribution in [1.82, 2.24) is 4.90 Å². The van der Waals surface area contributed by atoms with Gasteiger partial charge in [-0.15, -0.1) is 24.8 Å². The molecule has 4 N–H and O–H groups in total. The molecule has 3 aromatic rings. The number of nitrogens with two attached hydrogens (primary N) is 1. The van der Waals surface area contributed by atoms with E-state index in [9.17, 15) is 8.42 Å². The van der Waals surface area contributed by atoms with Crippen LogP contribution < -0.4 is 14.8 Å². The van der Waals surface area contributed by atoms with Gasteiger partial charge in [0.1, 0.15) is 17.7 Å². The molecule has 3 aromatic carbocycles. The number of sulfonamides is 1. The van der Waals surface area contributed by atoms with Crippen molar-refractivity contribution in [2.75, 3.05) is 23.1 Å². The van der Waals surface area contributed by atoms with Gasteiger partial charge in [0.15, 0.2) is 0 Å². The van der Waals surface area contributed by atoms with Crippen molar-refractivity contribution in [3.05, 3.63) is 71.8 Å². The quantitative estimate of drug-likeness (QED) is 0.194. The lowest BCUT2D eigenvalue weighted by molar-refractivity contribution is 0.130. The summed E-state index contributed by atoms with van der Waals surface area (Å²) >= 11 is 0. The number of hydrogen-bond donors (Lipinski definition) is 3. The molecule has 0 spiro atoms. The van der Waals surface area contributed by atoms with Crippen molar-refractivity contribution in [3.8, 4) is 5.75 Å². The highest BCUT2D eigenvalue weighted by molar-refractivity contribution is 7.92. The van der Waals surface area contributed by atoms with E-state index in [1.54, 1.807) is 0 Å². The first-order valence-corrected chi connectivity index (χ1v) is 14.7. The number of nitrogen functional groups attached to an aromatic ring is 1. The van der Waals surface area contributed by atoms with Gasteiger partial charge in [-0.3, -0.25) is 15.1 Å². The van der Waals surface area contributed by atoms with Crippen LogP contribution in [0.5, 0.6) is 5.75 Å². The van der Waals surface area contributed by atoms with Crippen LogP contribution in [0.15, 0.2) is 60.7 Å². The Balaban J connectivity index is 0.00000280. The number of halogens is 2. The van der Waals surface area contributed by atoms with Gasteiger partial charge < -0.3 is 15.4 Å². The van der Waals surface area contributed by atoms with Crippen LogP contribution in [0.1, 0.15) is 50.7 Å². The van der Waals surface area contributed by atoms with E-state index in [-0.39, 0.29) is 49.1 Å². The van der Waals surface area contributed by atoms with Gasteiger partial charge in [0.25, 0.3) is 0 Å². The average molecular weight is 609 g/mol. The zero-order chi connectivity index (χ0) is 27.3. The summed E-state index contributed by atoms with van der Waals surface area (Å²) in [5.74, 6) is 1.38. The van der Waals surface area contributed by atoms with Crippen molar-refractivity contribution in [1.29, 1.82) is 10.8 Å². The topological polar surface area (TPSA) is 124 Å². The van der Waals surface area contributed by atoms with E-state index in [2.05, 4.69) is 4.90 Å². The zero-order valence-corrected chi connectivity index (χ0v) is 25.4. The Hall–Kier alpha value is -3.01. The van der Waals surface area contributed by atoms with Gasteiger partial charge in [-0.25, -0.2) is 8.42 Å². The number of ether oxygens (including phenoxy) is 1. The predicted octanol–water partition coefficient (Wildman–Crippen LogP) is 5.94. The molecular formula is C29H39Cl2N5O3S. The molecule has 0 atom stereocenters. The lowest BCUT2D eigenvalue weighted by atomic mass is 10.0. The number of unbranched alkanes of at least 4 members (excludes halogenated alkanes) is 1. The third-order valence-electron chi connectivity index (χ3n) is 6.98. The highest BCUT2D eigenvalue weighted by atomic mass is 35.5. The molecule has 40 heavy (non-hydrogen) atoms. The first kappa shape index (κ1) is 33.2. The summed E-state index contributed by atoms with van der Waals surface area (Å²) in [6, 6.07) is 18.8. The molecule has 4 rings (SSSR count). The molecule has 0 saturated carbocycles. The summed E-state index contributed by atoms with van der Waals surface area (Å²) in [6.07, 6.45) is 3.16. The summed E-state index contributed by atoms with van der Waals surface area (Å²) in [4.78, 5) is 2.05. The second-order valence-electron chi connectivity index (χ2n) is 9.87. The third-order valence-corrected chi connectivity index (χ3v) is 8.79. The van der Waals surface area contributed by atoms with Crippen LogP contribution in [-0.4, -0.2) is 49.9 Å². The van der Waals surface area contributed by atoms with Crippen LogP contribution in [0.3, 0.4) is 0 Å². The van der Waals surface area contributed by atoms with Crippen molar-refractivity contribution >= 4 is 63.0 Å². The third kappa shape index (κ3) is 8.25. The average Bonchev–Trinajstić information content (AvgIpc) is 2.91. The van der Waals surface area contributed by atoms with Gasteiger partial charge in [-0.05, 0) is 66.1 Å². The second-order valence-corrected chi connectivity index (χ2v) is 11.9. The fraction of sp³-hybridized carbons (Fsp3) is 0.379. The fourth-order valence-electron chi connectivity index (χ4n) is 4.71. The van der Waals surface area contributed by atoms with E-state index < -0.39 is 10.0 Å². The molecule has 1 heterocycles. The number of anilines is 1. The highest BCUT2D eigenvalue weighted by Gasteiger charge is 2.24. The molecular weight excluding hydrogens is 569 g/mol. The maximum Gasteiger partial charge on any atom is 0.235 e. The monoisotopic (exact) mass is 607 g/mol. The highest BCUT2D eigenvalue weighted by Crippen LogP contribution is 2.28. The number of rotatable bonds is 10. The van der Waals surface area contributed by atoms with Crippen LogP contribution in [0.25, 0.3) is 10.8 Å². The van der Waals surface area contributed by atoms with E-state index in [4.69, 9.17) is 21.3 Å². The Morgan fingerprint density at radius 2 is 1.65 bits per heavy atom. The molecule has 218 valence electrons. The van der Waals surface area contributed by atoms with E-state index in [1.165, 1.54) is 4.31 Å². The molecule has 1 fully saturated rings. The second kappa shape index (κ2) is 14.6. The van der Waals surface area contributed by atoms with E-state index in [1.807, 2.05) is 74.5 Å². The lowest BCUT2D eigenvalue weighted by Gasteiger charge is -2.33. The molecule has 0 aromatic heterocycles. The summed E-state index contributed by atoms with van der Waals surface area (Å²) in [5, 5.41) is 17.4. The van der Waals surface area contributed by atoms with Crippen molar-refractivity contribution in [2.24, 2.45) is 5.73 Å². The number of hydrogen-bond acceptors (Lipinski definition) is 5. The molecule has 8 nitrogen and oxygen atoms in total. The summed E-state index contributed by atoms with van der Waals surface area (Å²) in [6.45, 7) is 5.60. The van der Waals surface area contributed by atoms with Gasteiger partial charge >= 0.3 is 0 Å². The van der Waals surface area contributed by atoms with E-state index in [0.29, 0.717) is 29.3 Å². The van der Waals surface area contributed by atoms with Crippen molar-refractivity contribution in [2.45, 2.75) is 52.2 Å². The van der Waals surface area contributed by atoms with Gasteiger partial charge in [-0.1, -0.05) is 37.6 Å². The molecule has 0 radical (unpaired) electrons.